The summed E-state index contributed by atoms with van der Waals surface area (Å²) in [5.74, 6) is 2.06. The van der Waals surface area contributed by atoms with Crippen molar-refractivity contribution < 1.29 is 9.47 Å². The molecular formula is C24H23NO2. The lowest BCUT2D eigenvalue weighted by Gasteiger charge is -2.13. The number of aryl methyl sites for hydroxylation is 2. The molecule has 0 saturated heterocycles. The molecule has 0 fully saturated rings. The van der Waals surface area contributed by atoms with Crippen LogP contribution in [0.3, 0.4) is 0 Å². The molecule has 0 aliphatic rings. The maximum absolute atomic E-state index is 6.18. The molecule has 0 atom stereocenters. The second kappa shape index (κ2) is 8.86. The van der Waals surface area contributed by atoms with Crippen molar-refractivity contribution in [1.29, 1.82) is 0 Å². The van der Waals surface area contributed by atoms with Gasteiger partial charge >= 0.3 is 0 Å². The molecule has 0 radical (unpaired) electrons. The highest BCUT2D eigenvalue weighted by molar-refractivity contribution is 5.96. The van der Waals surface area contributed by atoms with Crippen LogP contribution in [0.4, 0.5) is 5.69 Å². The summed E-state index contributed by atoms with van der Waals surface area (Å²) in [7, 11) is 0. The van der Waals surface area contributed by atoms with Gasteiger partial charge in [-0.05, 0) is 62.2 Å². The van der Waals surface area contributed by atoms with Crippen LogP contribution in [0.25, 0.3) is 0 Å². The van der Waals surface area contributed by atoms with E-state index in [4.69, 9.17) is 9.47 Å². The predicted molar refractivity (Wildman–Crippen MR) is 111 cm³/mol. The second-order valence-corrected chi connectivity index (χ2v) is 6.36. The SMILES string of the molecule is CC(=C\Oc1ccccc1)/C(=N/c1ccccc1)Oc1cc(C)ccc1C. The van der Waals surface area contributed by atoms with Gasteiger partial charge in [-0.2, -0.15) is 0 Å². The van der Waals surface area contributed by atoms with Crippen LogP contribution >= 0.6 is 0 Å². The molecule has 3 heteroatoms. The van der Waals surface area contributed by atoms with E-state index in [9.17, 15) is 0 Å². The van der Waals surface area contributed by atoms with Gasteiger partial charge in [-0.15, -0.1) is 0 Å². The summed E-state index contributed by atoms with van der Waals surface area (Å²) in [5.41, 5.74) is 3.81. The Morgan fingerprint density at radius 2 is 1.52 bits per heavy atom. The molecule has 0 saturated carbocycles. The normalized spacial score (nSPS) is 12.0. The number of rotatable bonds is 5. The third-order valence-corrected chi connectivity index (χ3v) is 3.99. The first kappa shape index (κ1) is 18.5. The molecule has 0 bridgehead atoms. The highest BCUT2D eigenvalue weighted by Gasteiger charge is 2.10. The number of benzene rings is 3. The molecule has 3 nitrogen and oxygen atoms in total. The van der Waals surface area contributed by atoms with E-state index in [2.05, 4.69) is 11.1 Å². The fraction of sp³-hybridized carbons (Fsp3) is 0.125. The summed E-state index contributed by atoms with van der Waals surface area (Å²) in [6.07, 6.45) is 1.67. The summed E-state index contributed by atoms with van der Waals surface area (Å²) in [6, 6.07) is 25.5. The fourth-order valence-corrected chi connectivity index (χ4v) is 2.44. The van der Waals surface area contributed by atoms with E-state index in [0.717, 1.165) is 33.9 Å². The third kappa shape index (κ3) is 5.32. The Morgan fingerprint density at radius 3 is 2.22 bits per heavy atom. The number of aliphatic imine (C=N–C) groups is 1. The lowest BCUT2D eigenvalue weighted by Crippen LogP contribution is -2.11. The van der Waals surface area contributed by atoms with Gasteiger partial charge in [-0.25, -0.2) is 4.99 Å². The van der Waals surface area contributed by atoms with Gasteiger partial charge in [0.05, 0.1) is 11.9 Å². The Balaban J connectivity index is 1.92. The number of ether oxygens (including phenoxy) is 2. The molecule has 0 aliphatic carbocycles. The van der Waals surface area contributed by atoms with Crippen molar-refractivity contribution in [2.45, 2.75) is 20.8 Å². The van der Waals surface area contributed by atoms with Crippen molar-refractivity contribution in [2.75, 3.05) is 0 Å². The minimum Gasteiger partial charge on any atom is -0.465 e. The molecule has 0 unspecified atom stereocenters. The Kier molecular flexibility index (Phi) is 6.06. The van der Waals surface area contributed by atoms with Gasteiger partial charge in [0.2, 0.25) is 5.90 Å². The van der Waals surface area contributed by atoms with Crippen LogP contribution in [-0.4, -0.2) is 5.90 Å². The molecule has 3 rings (SSSR count). The van der Waals surface area contributed by atoms with E-state index in [1.54, 1.807) is 6.26 Å². The van der Waals surface area contributed by atoms with E-state index < -0.39 is 0 Å². The van der Waals surface area contributed by atoms with Gasteiger partial charge in [0, 0.05) is 5.57 Å². The van der Waals surface area contributed by atoms with E-state index in [1.165, 1.54) is 0 Å². The first-order chi connectivity index (χ1) is 13.1. The smallest absolute Gasteiger partial charge is 0.225 e. The van der Waals surface area contributed by atoms with Crippen molar-refractivity contribution >= 4 is 11.6 Å². The van der Waals surface area contributed by atoms with Crippen LogP contribution < -0.4 is 9.47 Å². The molecule has 0 N–H and O–H groups in total. The molecule has 0 amide bonds. The number of nitrogens with zero attached hydrogens (tertiary/aromatic N) is 1. The van der Waals surface area contributed by atoms with Crippen molar-refractivity contribution in [3.8, 4) is 11.5 Å². The largest absolute Gasteiger partial charge is 0.465 e. The summed E-state index contributed by atoms with van der Waals surface area (Å²) in [5, 5.41) is 0. The van der Waals surface area contributed by atoms with Crippen molar-refractivity contribution in [2.24, 2.45) is 4.99 Å². The van der Waals surface area contributed by atoms with Crippen LogP contribution in [0.15, 0.2) is 95.7 Å². The average Bonchev–Trinajstić information content (AvgIpc) is 2.70. The van der Waals surface area contributed by atoms with Crippen LogP contribution in [0.5, 0.6) is 11.5 Å². The van der Waals surface area contributed by atoms with E-state index >= 15 is 0 Å². The van der Waals surface area contributed by atoms with Crippen molar-refractivity contribution in [3.05, 3.63) is 102 Å². The molecular weight excluding hydrogens is 334 g/mol. The zero-order valence-electron chi connectivity index (χ0n) is 15.8. The molecule has 0 aliphatic heterocycles. The minimum absolute atomic E-state index is 0.505. The molecule has 0 aromatic heterocycles. The molecule has 27 heavy (non-hydrogen) atoms. The van der Waals surface area contributed by atoms with E-state index in [-0.39, 0.29) is 0 Å². The quantitative estimate of drug-likeness (QED) is 0.301. The van der Waals surface area contributed by atoms with Crippen LogP contribution in [0, 0.1) is 13.8 Å². The van der Waals surface area contributed by atoms with Crippen molar-refractivity contribution in [1.82, 2.24) is 0 Å². The van der Waals surface area contributed by atoms with Crippen LogP contribution in [0.1, 0.15) is 18.1 Å². The van der Waals surface area contributed by atoms with E-state index in [0.29, 0.717) is 5.90 Å². The summed E-state index contributed by atoms with van der Waals surface area (Å²) in [6.45, 7) is 5.99. The Bertz CT molecular complexity index is 945. The zero-order chi connectivity index (χ0) is 19.1. The van der Waals surface area contributed by atoms with Gasteiger partial charge in [0.25, 0.3) is 0 Å². The van der Waals surface area contributed by atoms with Crippen LogP contribution in [0.2, 0.25) is 0 Å². The molecule has 0 spiro atoms. The summed E-state index contributed by atoms with van der Waals surface area (Å²) < 4.78 is 11.9. The number of para-hydroxylation sites is 2. The molecule has 136 valence electrons. The Morgan fingerprint density at radius 1 is 0.852 bits per heavy atom. The Labute approximate surface area is 160 Å². The molecule has 3 aromatic carbocycles. The van der Waals surface area contributed by atoms with Gasteiger partial charge in [0.15, 0.2) is 0 Å². The summed E-state index contributed by atoms with van der Waals surface area (Å²) in [4.78, 5) is 4.68. The highest BCUT2D eigenvalue weighted by atomic mass is 16.5. The predicted octanol–water partition coefficient (Wildman–Crippen LogP) is 6.40. The maximum Gasteiger partial charge on any atom is 0.225 e. The molecule has 0 heterocycles. The number of hydrogen-bond acceptors (Lipinski definition) is 3. The lowest BCUT2D eigenvalue weighted by molar-refractivity contribution is 0.473. The van der Waals surface area contributed by atoms with Gasteiger partial charge in [-0.3, -0.25) is 0 Å². The lowest BCUT2D eigenvalue weighted by atomic mass is 10.1. The Hall–Kier alpha value is -3.33. The maximum atomic E-state index is 6.18. The fourth-order valence-electron chi connectivity index (χ4n) is 2.44. The monoisotopic (exact) mass is 357 g/mol. The highest BCUT2D eigenvalue weighted by Crippen LogP contribution is 2.22. The van der Waals surface area contributed by atoms with E-state index in [1.807, 2.05) is 93.6 Å². The first-order valence-corrected chi connectivity index (χ1v) is 8.89. The molecule has 3 aromatic rings. The standard InChI is InChI=1S/C24H23NO2/c1-18-14-15-19(2)23(16-18)27-24(25-21-10-6-4-7-11-21)20(3)17-26-22-12-8-5-9-13-22/h4-17H,1-3H3/b20-17+,25-24-. The zero-order valence-corrected chi connectivity index (χ0v) is 15.8. The first-order valence-electron chi connectivity index (χ1n) is 8.89. The van der Waals surface area contributed by atoms with Crippen LogP contribution in [-0.2, 0) is 0 Å². The number of hydrogen-bond donors (Lipinski definition) is 0. The van der Waals surface area contributed by atoms with Crippen molar-refractivity contribution in [3.63, 3.8) is 0 Å². The van der Waals surface area contributed by atoms with Gasteiger partial charge in [0.1, 0.15) is 11.5 Å². The minimum atomic E-state index is 0.505. The van der Waals surface area contributed by atoms with Gasteiger partial charge in [-0.1, -0.05) is 48.5 Å². The second-order valence-electron chi connectivity index (χ2n) is 6.36. The third-order valence-electron chi connectivity index (χ3n) is 3.99. The summed E-state index contributed by atoms with van der Waals surface area (Å²) >= 11 is 0. The van der Waals surface area contributed by atoms with Gasteiger partial charge < -0.3 is 9.47 Å². The average molecular weight is 357 g/mol. The topological polar surface area (TPSA) is 30.8 Å².